The highest BCUT2D eigenvalue weighted by atomic mass is 35.5. The first kappa shape index (κ1) is 16.5. The molecule has 1 fully saturated rings. The second-order valence-corrected chi connectivity index (χ2v) is 5.89. The first-order valence-electron chi connectivity index (χ1n) is 7.55. The van der Waals surface area contributed by atoms with Crippen molar-refractivity contribution >= 4 is 29.0 Å². The van der Waals surface area contributed by atoms with Crippen molar-refractivity contribution in [2.75, 3.05) is 36.4 Å². The maximum atomic E-state index is 13.6. The van der Waals surface area contributed by atoms with Crippen molar-refractivity contribution in [1.82, 2.24) is 4.90 Å². The quantitative estimate of drug-likeness (QED) is 0.888. The molecular formula is C17H16ClF2N3O. The van der Waals surface area contributed by atoms with E-state index >= 15 is 0 Å². The smallest absolute Gasteiger partial charge is 0.322 e. The van der Waals surface area contributed by atoms with E-state index in [4.69, 9.17) is 11.6 Å². The molecule has 126 valence electrons. The average Bonchev–Trinajstić information content (AvgIpc) is 2.59. The maximum absolute atomic E-state index is 13.6. The molecule has 3 rings (SSSR count). The van der Waals surface area contributed by atoms with Crippen LogP contribution in [-0.4, -0.2) is 37.1 Å². The fraction of sp³-hybridized carbons (Fsp3) is 0.235. The van der Waals surface area contributed by atoms with Crippen LogP contribution in [0, 0.1) is 11.6 Å². The van der Waals surface area contributed by atoms with Gasteiger partial charge in [0.05, 0.1) is 16.4 Å². The monoisotopic (exact) mass is 351 g/mol. The third-order valence-electron chi connectivity index (χ3n) is 3.93. The van der Waals surface area contributed by atoms with Gasteiger partial charge in [0.1, 0.15) is 11.6 Å². The molecule has 7 heteroatoms. The van der Waals surface area contributed by atoms with E-state index in [-0.39, 0.29) is 5.69 Å². The lowest BCUT2D eigenvalue weighted by Gasteiger charge is -2.36. The van der Waals surface area contributed by atoms with Crippen molar-refractivity contribution in [2.24, 2.45) is 0 Å². The van der Waals surface area contributed by atoms with Crippen LogP contribution in [0.5, 0.6) is 0 Å². The van der Waals surface area contributed by atoms with Gasteiger partial charge < -0.3 is 15.1 Å². The van der Waals surface area contributed by atoms with Crippen molar-refractivity contribution in [1.29, 1.82) is 0 Å². The van der Waals surface area contributed by atoms with E-state index in [1.807, 2.05) is 24.3 Å². The summed E-state index contributed by atoms with van der Waals surface area (Å²) in [7, 11) is 0. The fourth-order valence-corrected chi connectivity index (χ4v) is 2.90. The molecule has 0 bridgehead atoms. The predicted octanol–water partition coefficient (Wildman–Crippen LogP) is 3.97. The third-order valence-corrected chi connectivity index (χ3v) is 4.25. The van der Waals surface area contributed by atoms with Gasteiger partial charge in [0.2, 0.25) is 0 Å². The van der Waals surface area contributed by atoms with Crippen molar-refractivity contribution in [3.05, 3.63) is 59.1 Å². The number of hydrogen-bond acceptors (Lipinski definition) is 2. The summed E-state index contributed by atoms with van der Waals surface area (Å²) in [5.41, 5.74) is 0.768. The number of anilines is 2. The molecule has 1 N–H and O–H groups in total. The van der Waals surface area contributed by atoms with E-state index < -0.39 is 17.7 Å². The summed E-state index contributed by atoms with van der Waals surface area (Å²) >= 11 is 6.18. The molecule has 2 aromatic rings. The molecule has 0 aliphatic carbocycles. The maximum Gasteiger partial charge on any atom is 0.322 e. The Morgan fingerprint density at radius 3 is 2.46 bits per heavy atom. The molecule has 2 aromatic carbocycles. The number of nitrogens with one attached hydrogen (secondary N) is 1. The van der Waals surface area contributed by atoms with Crippen LogP contribution in [0.3, 0.4) is 0 Å². The summed E-state index contributed by atoms with van der Waals surface area (Å²) in [6.07, 6.45) is 0. The molecule has 2 amide bonds. The molecule has 1 aliphatic rings. The highest BCUT2D eigenvalue weighted by molar-refractivity contribution is 6.33. The Labute approximate surface area is 143 Å². The van der Waals surface area contributed by atoms with Crippen LogP contribution in [0.4, 0.5) is 25.0 Å². The van der Waals surface area contributed by atoms with Gasteiger partial charge in [-0.05, 0) is 24.3 Å². The van der Waals surface area contributed by atoms with Gasteiger partial charge in [-0.2, -0.15) is 0 Å². The van der Waals surface area contributed by atoms with Crippen molar-refractivity contribution < 1.29 is 13.6 Å². The number of amides is 2. The number of halogens is 3. The zero-order chi connectivity index (χ0) is 17.1. The van der Waals surface area contributed by atoms with E-state index in [0.717, 1.165) is 23.9 Å². The largest absolute Gasteiger partial charge is 0.367 e. The average molecular weight is 352 g/mol. The fourth-order valence-electron chi connectivity index (χ4n) is 2.65. The number of carbonyl (C=O) groups excluding carboxylic acids is 1. The lowest BCUT2D eigenvalue weighted by Crippen LogP contribution is -2.50. The first-order valence-corrected chi connectivity index (χ1v) is 7.93. The van der Waals surface area contributed by atoms with E-state index in [1.54, 1.807) is 4.90 Å². The lowest BCUT2D eigenvalue weighted by atomic mass is 10.2. The van der Waals surface area contributed by atoms with Crippen molar-refractivity contribution in [3.63, 3.8) is 0 Å². The number of rotatable bonds is 2. The van der Waals surface area contributed by atoms with Gasteiger partial charge in [-0.15, -0.1) is 0 Å². The van der Waals surface area contributed by atoms with Crippen molar-refractivity contribution in [2.45, 2.75) is 0 Å². The summed E-state index contributed by atoms with van der Waals surface area (Å²) in [4.78, 5) is 15.9. The zero-order valence-corrected chi connectivity index (χ0v) is 13.6. The Bertz CT molecular complexity index is 748. The number of hydrogen-bond donors (Lipinski definition) is 1. The summed E-state index contributed by atoms with van der Waals surface area (Å²) in [6.45, 7) is 2.16. The van der Waals surface area contributed by atoms with Gasteiger partial charge in [0, 0.05) is 32.2 Å². The van der Waals surface area contributed by atoms with Crippen LogP contribution in [0.15, 0.2) is 42.5 Å². The van der Waals surface area contributed by atoms with Crippen LogP contribution in [0.25, 0.3) is 0 Å². The van der Waals surface area contributed by atoms with Gasteiger partial charge in [0.15, 0.2) is 0 Å². The number of para-hydroxylation sites is 1. The molecule has 0 spiro atoms. The Morgan fingerprint density at radius 2 is 1.75 bits per heavy atom. The Morgan fingerprint density at radius 1 is 1.04 bits per heavy atom. The number of nitrogens with zero attached hydrogens (tertiary/aromatic N) is 2. The second kappa shape index (κ2) is 7.05. The minimum Gasteiger partial charge on any atom is -0.367 e. The highest BCUT2D eigenvalue weighted by Crippen LogP contribution is 2.26. The van der Waals surface area contributed by atoms with Gasteiger partial charge in [-0.1, -0.05) is 23.7 Å². The first-order chi connectivity index (χ1) is 11.5. The standard InChI is InChI=1S/C17H16ClF2N3O/c18-13-3-1-2-4-16(13)22-7-9-23(10-8-22)17(24)21-15-11-12(19)5-6-14(15)20/h1-6,11H,7-10H2,(H,21,24). The third kappa shape index (κ3) is 3.59. The molecule has 1 saturated heterocycles. The molecule has 0 radical (unpaired) electrons. The van der Waals surface area contributed by atoms with Crippen LogP contribution >= 0.6 is 11.6 Å². The molecule has 24 heavy (non-hydrogen) atoms. The molecule has 1 aliphatic heterocycles. The molecule has 4 nitrogen and oxygen atoms in total. The number of urea groups is 1. The Kier molecular flexibility index (Phi) is 4.85. The minimum atomic E-state index is -0.667. The summed E-state index contributed by atoms with van der Waals surface area (Å²) < 4.78 is 26.8. The number of carbonyl (C=O) groups is 1. The summed E-state index contributed by atoms with van der Waals surface area (Å²) in [6, 6.07) is 10.0. The topological polar surface area (TPSA) is 35.6 Å². The molecule has 0 saturated carbocycles. The SMILES string of the molecule is O=C(Nc1cc(F)ccc1F)N1CCN(c2ccccc2Cl)CC1. The van der Waals surface area contributed by atoms with Gasteiger partial charge in [-0.3, -0.25) is 0 Å². The van der Waals surface area contributed by atoms with Crippen molar-refractivity contribution in [3.8, 4) is 0 Å². The van der Waals surface area contributed by atoms with Gasteiger partial charge in [0.25, 0.3) is 0 Å². The molecular weight excluding hydrogens is 336 g/mol. The van der Waals surface area contributed by atoms with Crippen LogP contribution in [-0.2, 0) is 0 Å². The van der Waals surface area contributed by atoms with E-state index in [1.165, 1.54) is 0 Å². The number of benzene rings is 2. The van der Waals surface area contributed by atoms with E-state index in [0.29, 0.717) is 31.2 Å². The van der Waals surface area contributed by atoms with Gasteiger partial charge in [-0.25, -0.2) is 13.6 Å². The number of piperazine rings is 1. The summed E-state index contributed by atoms with van der Waals surface area (Å²) in [5, 5.41) is 3.08. The summed E-state index contributed by atoms with van der Waals surface area (Å²) in [5.74, 6) is -1.27. The molecule has 0 unspecified atom stereocenters. The van der Waals surface area contributed by atoms with Crippen LogP contribution in [0.1, 0.15) is 0 Å². The van der Waals surface area contributed by atoms with E-state index in [9.17, 15) is 13.6 Å². The Hall–Kier alpha value is -2.34. The normalized spacial score (nSPS) is 14.6. The molecule has 1 heterocycles. The Balaban J connectivity index is 1.61. The van der Waals surface area contributed by atoms with E-state index in [2.05, 4.69) is 10.2 Å². The highest BCUT2D eigenvalue weighted by Gasteiger charge is 2.23. The predicted molar refractivity (Wildman–Crippen MR) is 90.6 cm³/mol. The minimum absolute atomic E-state index is 0.159. The van der Waals surface area contributed by atoms with Gasteiger partial charge >= 0.3 is 6.03 Å². The zero-order valence-electron chi connectivity index (χ0n) is 12.8. The lowest BCUT2D eigenvalue weighted by molar-refractivity contribution is 0.208. The molecule has 0 atom stereocenters. The molecule has 0 aromatic heterocycles. The second-order valence-electron chi connectivity index (χ2n) is 5.48. The van der Waals surface area contributed by atoms with Crippen LogP contribution < -0.4 is 10.2 Å². The van der Waals surface area contributed by atoms with Crippen LogP contribution in [0.2, 0.25) is 5.02 Å².